The molecule has 1 unspecified atom stereocenters. The molecule has 0 aliphatic rings. The Morgan fingerprint density at radius 2 is 1.68 bits per heavy atom. The number of ether oxygens (including phenoxy) is 1. The van der Waals surface area contributed by atoms with Gasteiger partial charge in [0.1, 0.15) is 5.75 Å². The summed E-state index contributed by atoms with van der Waals surface area (Å²) in [7, 11) is 1.70. The highest BCUT2D eigenvalue weighted by Gasteiger charge is 2.16. The van der Waals surface area contributed by atoms with Crippen molar-refractivity contribution in [1.29, 1.82) is 0 Å². The lowest BCUT2D eigenvalue weighted by Gasteiger charge is -2.19. The molecule has 0 spiro atoms. The topological polar surface area (TPSA) is 35.2 Å². The first-order valence-electron chi connectivity index (χ1n) is 6.19. The maximum absolute atomic E-state index is 6.38. The van der Waals surface area contributed by atoms with Gasteiger partial charge < -0.3 is 10.5 Å². The van der Waals surface area contributed by atoms with Gasteiger partial charge in [-0.3, -0.25) is 0 Å². The highest BCUT2D eigenvalue weighted by atomic mass is 127. The highest BCUT2D eigenvalue weighted by molar-refractivity contribution is 14.1. The minimum absolute atomic E-state index is 0.161. The zero-order valence-electron chi connectivity index (χ0n) is 11.4. The molecule has 0 heterocycles. The Morgan fingerprint density at radius 1 is 1.05 bits per heavy atom. The molecule has 0 bridgehead atoms. The number of hydrogen-bond acceptors (Lipinski definition) is 2. The predicted octanol–water partition coefficient (Wildman–Crippen LogP) is 3.96. The average Bonchev–Trinajstić information content (AvgIpc) is 2.41. The highest BCUT2D eigenvalue weighted by Crippen LogP contribution is 2.32. The Bertz CT molecular complexity index is 578. The molecule has 100 valence electrons. The van der Waals surface area contributed by atoms with E-state index in [-0.39, 0.29) is 6.04 Å². The van der Waals surface area contributed by atoms with E-state index in [2.05, 4.69) is 72.8 Å². The van der Waals surface area contributed by atoms with Gasteiger partial charge in [-0.05, 0) is 65.3 Å². The minimum atomic E-state index is -0.161. The van der Waals surface area contributed by atoms with Crippen LogP contribution in [0.3, 0.4) is 0 Å². The smallest absolute Gasteiger partial charge is 0.127 e. The number of methoxy groups -OCH3 is 1. The van der Waals surface area contributed by atoms with Gasteiger partial charge in [-0.15, -0.1) is 0 Å². The summed E-state index contributed by atoms with van der Waals surface area (Å²) >= 11 is 2.29. The Kier molecular flexibility index (Phi) is 4.47. The number of rotatable bonds is 3. The van der Waals surface area contributed by atoms with Gasteiger partial charge in [0.25, 0.3) is 0 Å². The van der Waals surface area contributed by atoms with E-state index in [0.29, 0.717) is 0 Å². The maximum Gasteiger partial charge on any atom is 0.127 e. The monoisotopic (exact) mass is 367 g/mol. The van der Waals surface area contributed by atoms with Crippen LogP contribution in [0.15, 0.2) is 36.4 Å². The van der Waals surface area contributed by atoms with Crippen LogP contribution in [0.25, 0.3) is 0 Å². The quantitative estimate of drug-likeness (QED) is 0.834. The van der Waals surface area contributed by atoms with Gasteiger partial charge in [0.05, 0.1) is 13.2 Å². The van der Waals surface area contributed by atoms with Crippen molar-refractivity contribution >= 4 is 22.6 Å². The number of halogens is 1. The van der Waals surface area contributed by atoms with E-state index in [1.54, 1.807) is 7.11 Å². The normalized spacial score (nSPS) is 12.3. The van der Waals surface area contributed by atoms with Crippen LogP contribution in [0.1, 0.15) is 28.3 Å². The molecule has 0 aromatic heterocycles. The van der Waals surface area contributed by atoms with Crippen LogP contribution in [0, 0.1) is 17.4 Å². The minimum Gasteiger partial charge on any atom is -0.496 e. The second-order valence-corrected chi connectivity index (χ2v) is 5.90. The molecule has 2 aromatic carbocycles. The van der Waals surface area contributed by atoms with Gasteiger partial charge in [-0.2, -0.15) is 0 Å². The van der Waals surface area contributed by atoms with E-state index in [1.165, 1.54) is 9.13 Å². The molecular weight excluding hydrogens is 349 g/mol. The van der Waals surface area contributed by atoms with E-state index in [4.69, 9.17) is 10.5 Å². The fraction of sp³-hybridized carbons (Fsp3) is 0.250. The molecule has 3 heteroatoms. The van der Waals surface area contributed by atoms with Gasteiger partial charge in [-0.1, -0.05) is 24.3 Å². The standard InChI is InChI=1S/C16H18INO/c1-10-4-9-14(16(19-3)11(10)2)15(18)12-5-7-13(17)8-6-12/h4-9,15H,18H2,1-3H3. The summed E-state index contributed by atoms with van der Waals surface area (Å²) in [5.74, 6) is 0.894. The molecule has 0 saturated carbocycles. The summed E-state index contributed by atoms with van der Waals surface area (Å²) in [6.45, 7) is 4.15. The SMILES string of the molecule is COc1c(C(N)c2ccc(I)cc2)ccc(C)c1C. The first-order chi connectivity index (χ1) is 9.04. The maximum atomic E-state index is 6.38. The van der Waals surface area contributed by atoms with Crippen LogP contribution in [-0.4, -0.2) is 7.11 Å². The molecule has 19 heavy (non-hydrogen) atoms. The Morgan fingerprint density at radius 3 is 2.26 bits per heavy atom. The van der Waals surface area contributed by atoms with Gasteiger partial charge >= 0.3 is 0 Å². The van der Waals surface area contributed by atoms with Crippen LogP contribution in [-0.2, 0) is 0 Å². The summed E-state index contributed by atoms with van der Waals surface area (Å²) < 4.78 is 6.75. The molecule has 2 N–H and O–H groups in total. The van der Waals surface area contributed by atoms with Crippen molar-refractivity contribution < 1.29 is 4.74 Å². The molecular formula is C16H18INO. The van der Waals surface area contributed by atoms with Crippen molar-refractivity contribution in [3.8, 4) is 5.75 Å². The molecule has 0 saturated heterocycles. The Labute approximate surface area is 128 Å². The Hall–Kier alpha value is -1.07. The van der Waals surface area contributed by atoms with Crippen LogP contribution in [0.4, 0.5) is 0 Å². The molecule has 2 rings (SSSR count). The summed E-state index contributed by atoms with van der Waals surface area (Å²) in [6, 6.07) is 12.3. The first kappa shape index (κ1) is 14.3. The lowest BCUT2D eigenvalue weighted by molar-refractivity contribution is 0.404. The zero-order chi connectivity index (χ0) is 14.0. The molecule has 2 nitrogen and oxygen atoms in total. The van der Waals surface area contributed by atoms with Gasteiger partial charge in [-0.25, -0.2) is 0 Å². The number of hydrogen-bond donors (Lipinski definition) is 1. The predicted molar refractivity (Wildman–Crippen MR) is 87.7 cm³/mol. The van der Waals surface area contributed by atoms with Gasteiger partial charge in [0.15, 0.2) is 0 Å². The summed E-state index contributed by atoms with van der Waals surface area (Å²) in [5, 5.41) is 0. The zero-order valence-corrected chi connectivity index (χ0v) is 13.6. The van der Waals surface area contributed by atoms with Gasteiger partial charge in [0, 0.05) is 9.13 Å². The summed E-state index contributed by atoms with van der Waals surface area (Å²) in [6.07, 6.45) is 0. The van der Waals surface area contributed by atoms with Crippen molar-refractivity contribution in [2.24, 2.45) is 5.73 Å². The number of nitrogens with two attached hydrogens (primary N) is 1. The third kappa shape index (κ3) is 2.92. The van der Waals surface area contributed by atoms with E-state index >= 15 is 0 Å². The molecule has 2 aromatic rings. The van der Waals surface area contributed by atoms with E-state index in [0.717, 1.165) is 22.4 Å². The van der Waals surface area contributed by atoms with E-state index < -0.39 is 0 Å². The molecule has 0 fully saturated rings. The largest absolute Gasteiger partial charge is 0.496 e. The fourth-order valence-electron chi connectivity index (χ4n) is 2.18. The lowest BCUT2D eigenvalue weighted by atomic mass is 9.95. The van der Waals surface area contributed by atoms with Crippen molar-refractivity contribution in [1.82, 2.24) is 0 Å². The Balaban J connectivity index is 2.46. The molecule has 0 radical (unpaired) electrons. The molecule has 0 amide bonds. The third-order valence-electron chi connectivity index (χ3n) is 3.48. The number of benzene rings is 2. The molecule has 0 aliphatic carbocycles. The van der Waals surface area contributed by atoms with Crippen molar-refractivity contribution in [2.75, 3.05) is 7.11 Å². The lowest BCUT2D eigenvalue weighted by Crippen LogP contribution is -2.14. The number of aryl methyl sites for hydroxylation is 1. The molecule has 0 aliphatic heterocycles. The van der Waals surface area contributed by atoms with Crippen LogP contribution in [0.2, 0.25) is 0 Å². The average molecular weight is 367 g/mol. The summed E-state index contributed by atoms with van der Waals surface area (Å²) in [4.78, 5) is 0. The fourth-order valence-corrected chi connectivity index (χ4v) is 2.54. The third-order valence-corrected chi connectivity index (χ3v) is 4.19. The van der Waals surface area contributed by atoms with Crippen molar-refractivity contribution in [3.05, 3.63) is 62.2 Å². The van der Waals surface area contributed by atoms with E-state index in [9.17, 15) is 0 Å². The van der Waals surface area contributed by atoms with Crippen LogP contribution in [0.5, 0.6) is 5.75 Å². The van der Waals surface area contributed by atoms with Crippen LogP contribution >= 0.6 is 22.6 Å². The first-order valence-corrected chi connectivity index (χ1v) is 7.27. The second kappa shape index (κ2) is 5.92. The van der Waals surface area contributed by atoms with Crippen molar-refractivity contribution in [3.63, 3.8) is 0 Å². The summed E-state index contributed by atoms with van der Waals surface area (Å²) in [5.41, 5.74) is 10.9. The van der Waals surface area contributed by atoms with Crippen LogP contribution < -0.4 is 10.5 Å². The second-order valence-electron chi connectivity index (χ2n) is 4.66. The van der Waals surface area contributed by atoms with Gasteiger partial charge in [0.2, 0.25) is 0 Å². The molecule has 1 atom stereocenters. The van der Waals surface area contributed by atoms with E-state index in [1.807, 2.05) is 0 Å². The van der Waals surface area contributed by atoms with Crippen molar-refractivity contribution in [2.45, 2.75) is 19.9 Å².